The number of rotatable bonds is 5. The van der Waals surface area contributed by atoms with Crippen LogP contribution in [0, 0.1) is 0 Å². The summed E-state index contributed by atoms with van der Waals surface area (Å²) in [6.45, 7) is 0.487. The highest BCUT2D eigenvalue weighted by molar-refractivity contribution is 7.09. The van der Waals surface area contributed by atoms with E-state index in [1.54, 1.807) is 24.5 Å². The quantitative estimate of drug-likeness (QED) is 0.793. The minimum Gasteiger partial charge on any atom is -0.359 e. The molecule has 1 aromatic heterocycles. The van der Waals surface area contributed by atoms with Gasteiger partial charge < -0.3 is 16.0 Å². The highest BCUT2D eigenvalue weighted by atomic mass is 32.1. The van der Waals surface area contributed by atoms with E-state index in [0.29, 0.717) is 12.2 Å². The molecule has 3 N–H and O–H groups in total. The van der Waals surface area contributed by atoms with Crippen molar-refractivity contribution in [2.24, 2.45) is 0 Å². The minimum absolute atomic E-state index is 0.0942. The van der Waals surface area contributed by atoms with Crippen molar-refractivity contribution in [1.82, 2.24) is 10.6 Å². The second-order valence-corrected chi connectivity index (χ2v) is 5.43. The third-order valence-electron chi connectivity index (χ3n) is 2.90. The van der Waals surface area contributed by atoms with E-state index in [1.165, 1.54) is 0 Å². The topological polar surface area (TPSA) is 70.2 Å². The predicted octanol–water partition coefficient (Wildman–Crippen LogP) is 2.36. The fourth-order valence-electron chi connectivity index (χ4n) is 1.80. The molecule has 6 heteroatoms. The Hall–Kier alpha value is -2.34. The van der Waals surface area contributed by atoms with Crippen molar-refractivity contribution < 1.29 is 9.59 Å². The number of hydrogen-bond acceptors (Lipinski definition) is 3. The van der Waals surface area contributed by atoms with Gasteiger partial charge in [-0.15, -0.1) is 11.3 Å². The lowest BCUT2D eigenvalue weighted by Crippen LogP contribution is -2.28. The number of likely N-dealkylation sites (N-methyl/N-ethyl adjacent to an activating group) is 1. The molecule has 0 aliphatic rings. The second kappa shape index (κ2) is 7.44. The Morgan fingerprint density at radius 2 is 1.95 bits per heavy atom. The molecule has 1 aromatic carbocycles. The van der Waals surface area contributed by atoms with Crippen LogP contribution in [0.3, 0.4) is 0 Å². The van der Waals surface area contributed by atoms with E-state index in [-0.39, 0.29) is 18.4 Å². The first kappa shape index (κ1) is 15.1. The number of benzene rings is 1. The van der Waals surface area contributed by atoms with E-state index in [0.717, 1.165) is 10.4 Å². The van der Waals surface area contributed by atoms with Gasteiger partial charge in [0.2, 0.25) is 5.91 Å². The molecule has 0 spiro atoms. The van der Waals surface area contributed by atoms with Crippen LogP contribution in [0.5, 0.6) is 0 Å². The van der Waals surface area contributed by atoms with Gasteiger partial charge in [-0.1, -0.05) is 24.3 Å². The molecule has 1 heterocycles. The lowest BCUT2D eigenvalue weighted by Gasteiger charge is -2.11. The van der Waals surface area contributed by atoms with Crippen LogP contribution < -0.4 is 16.0 Å². The number of thiophene rings is 1. The summed E-state index contributed by atoms with van der Waals surface area (Å²) in [5.74, 6) is -0.0942. The molecule has 0 saturated heterocycles. The van der Waals surface area contributed by atoms with Crippen LogP contribution >= 0.6 is 11.3 Å². The smallest absolute Gasteiger partial charge is 0.319 e. The number of urea groups is 1. The molecule has 0 aliphatic carbocycles. The molecular weight excluding hydrogens is 286 g/mol. The molecule has 2 aromatic rings. The van der Waals surface area contributed by atoms with E-state index >= 15 is 0 Å². The average Bonchev–Trinajstić information content (AvgIpc) is 3.00. The van der Waals surface area contributed by atoms with Gasteiger partial charge in [0, 0.05) is 17.6 Å². The Morgan fingerprint density at radius 1 is 1.14 bits per heavy atom. The lowest BCUT2D eigenvalue weighted by molar-refractivity contribution is -0.119. The summed E-state index contributed by atoms with van der Waals surface area (Å²) < 4.78 is 0. The van der Waals surface area contributed by atoms with E-state index in [2.05, 4.69) is 16.0 Å². The molecule has 110 valence electrons. The van der Waals surface area contributed by atoms with Crippen LogP contribution in [0.25, 0.3) is 0 Å². The van der Waals surface area contributed by atoms with Gasteiger partial charge in [-0.3, -0.25) is 4.79 Å². The molecule has 0 aliphatic heterocycles. The Bertz CT molecular complexity index is 611. The summed E-state index contributed by atoms with van der Waals surface area (Å²) in [6, 6.07) is 10.9. The van der Waals surface area contributed by atoms with Crippen molar-refractivity contribution in [1.29, 1.82) is 0 Å². The molecular formula is C15H17N3O2S. The summed E-state index contributed by atoms with van der Waals surface area (Å²) in [4.78, 5) is 24.4. The van der Waals surface area contributed by atoms with Gasteiger partial charge in [0.1, 0.15) is 0 Å². The monoisotopic (exact) mass is 303 g/mol. The molecule has 0 unspecified atom stereocenters. The van der Waals surface area contributed by atoms with Crippen LogP contribution in [0.1, 0.15) is 10.4 Å². The van der Waals surface area contributed by atoms with Gasteiger partial charge in [-0.05, 0) is 23.1 Å². The Kier molecular flexibility index (Phi) is 5.34. The number of para-hydroxylation sites is 1. The number of carbonyl (C=O) groups excluding carboxylic acids is 2. The van der Waals surface area contributed by atoms with Crippen molar-refractivity contribution >= 4 is 29.0 Å². The van der Waals surface area contributed by atoms with Gasteiger partial charge >= 0.3 is 6.03 Å². The number of carbonyl (C=O) groups is 2. The summed E-state index contributed by atoms with van der Waals surface area (Å²) >= 11 is 1.59. The fourth-order valence-corrected chi connectivity index (χ4v) is 2.45. The van der Waals surface area contributed by atoms with E-state index in [1.807, 2.05) is 35.7 Å². The first-order valence-corrected chi connectivity index (χ1v) is 7.42. The van der Waals surface area contributed by atoms with Gasteiger partial charge in [0.25, 0.3) is 0 Å². The van der Waals surface area contributed by atoms with Crippen molar-refractivity contribution in [3.05, 3.63) is 52.2 Å². The fraction of sp³-hybridized carbons (Fsp3) is 0.200. The van der Waals surface area contributed by atoms with E-state index < -0.39 is 0 Å². The Labute approximate surface area is 127 Å². The molecule has 0 bridgehead atoms. The standard InChI is InChI=1S/C15H17N3O2S/c1-16-14(19)9-11-5-2-3-7-13(11)18-15(20)17-10-12-6-4-8-21-12/h2-8H,9-10H2,1H3,(H,16,19)(H2,17,18,20). The Balaban J connectivity index is 1.95. The predicted molar refractivity (Wildman–Crippen MR) is 84.4 cm³/mol. The van der Waals surface area contributed by atoms with Gasteiger partial charge in [-0.2, -0.15) is 0 Å². The maximum atomic E-state index is 11.9. The van der Waals surface area contributed by atoms with Crippen LogP contribution in [-0.4, -0.2) is 19.0 Å². The second-order valence-electron chi connectivity index (χ2n) is 4.39. The summed E-state index contributed by atoms with van der Waals surface area (Å²) in [7, 11) is 1.59. The molecule has 0 saturated carbocycles. The largest absolute Gasteiger partial charge is 0.359 e. The van der Waals surface area contributed by atoms with Crippen LogP contribution in [0.15, 0.2) is 41.8 Å². The zero-order valence-electron chi connectivity index (χ0n) is 11.7. The third-order valence-corrected chi connectivity index (χ3v) is 3.78. The molecule has 2 rings (SSSR count). The number of anilines is 1. The van der Waals surface area contributed by atoms with Gasteiger partial charge in [0.15, 0.2) is 0 Å². The van der Waals surface area contributed by atoms with Crippen molar-refractivity contribution in [2.75, 3.05) is 12.4 Å². The summed E-state index contributed by atoms with van der Waals surface area (Å²) in [5, 5.41) is 10.1. The molecule has 21 heavy (non-hydrogen) atoms. The molecule has 0 radical (unpaired) electrons. The normalized spacial score (nSPS) is 9.95. The first-order chi connectivity index (χ1) is 10.2. The van der Waals surface area contributed by atoms with Crippen LogP contribution in [-0.2, 0) is 17.8 Å². The van der Waals surface area contributed by atoms with Crippen LogP contribution in [0.4, 0.5) is 10.5 Å². The summed E-state index contributed by atoms with van der Waals surface area (Å²) in [5.41, 5.74) is 1.42. The average molecular weight is 303 g/mol. The minimum atomic E-state index is -0.284. The zero-order chi connectivity index (χ0) is 15.1. The number of hydrogen-bond donors (Lipinski definition) is 3. The number of nitrogens with one attached hydrogen (secondary N) is 3. The SMILES string of the molecule is CNC(=O)Cc1ccccc1NC(=O)NCc1cccs1. The zero-order valence-corrected chi connectivity index (χ0v) is 12.5. The van der Waals surface area contributed by atoms with Gasteiger partial charge in [0.05, 0.1) is 13.0 Å². The maximum absolute atomic E-state index is 11.9. The van der Waals surface area contributed by atoms with E-state index in [4.69, 9.17) is 0 Å². The van der Waals surface area contributed by atoms with Crippen LogP contribution in [0.2, 0.25) is 0 Å². The van der Waals surface area contributed by atoms with Gasteiger partial charge in [-0.25, -0.2) is 4.79 Å². The molecule has 0 fully saturated rings. The third kappa shape index (κ3) is 4.61. The van der Waals surface area contributed by atoms with E-state index in [9.17, 15) is 9.59 Å². The van der Waals surface area contributed by atoms with Crippen molar-refractivity contribution in [3.63, 3.8) is 0 Å². The highest BCUT2D eigenvalue weighted by Crippen LogP contribution is 2.15. The van der Waals surface area contributed by atoms with Crippen molar-refractivity contribution in [3.8, 4) is 0 Å². The van der Waals surface area contributed by atoms with Crippen molar-refractivity contribution in [2.45, 2.75) is 13.0 Å². The maximum Gasteiger partial charge on any atom is 0.319 e. The first-order valence-electron chi connectivity index (χ1n) is 6.54. The number of amides is 3. The highest BCUT2D eigenvalue weighted by Gasteiger charge is 2.09. The Morgan fingerprint density at radius 3 is 2.67 bits per heavy atom. The lowest BCUT2D eigenvalue weighted by atomic mass is 10.1. The molecule has 3 amide bonds. The molecule has 0 atom stereocenters. The summed E-state index contributed by atoms with van der Waals surface area (Å²) in [6.07, 6.45) is 0.234. The molecule has 5 nitrogen and oxygen atoms in total.